The molecule has 3 aromatic rings. The molecule has 1 saturated heterocycles. The van der Waals surface area contributed by atoms with Gasteiger partial charge in [-0.2, -0.15) is 0 Å². The zero-order chi connectivity index (χ0) is 18.9. The molecule has 146 valence electrons. The van der Waals surface area contributed by atoms with Gasteiger partial charge in [0.25, 0.3) is 0 Å². The Morgan fingerprint density at radius 1 is 1.14 bits per heavy atom. The van der Waals surface area contributed by atoms with Gasteiger partial charge < -0.3 is 10.1 Å². The molecule has 0 saturated carbocycles. The average molecular weight is 399 g/mol. The number of nitrogens with zero attached hydrogens (tertiary/aromatic N) is 3. The van der Waals surface area contributed by atoms with Gasteiger partial charge in [-0.05, 0) is 30.9 Å². The van der Waals surface area contributed by atoms with Crippen LogP contribution in [0.25, 0.3) is 10.2 Å². The third-order valence-electron chi connectivity index (χ3n) is 5.48. The Balaban J connectivity index is 1.48. The highest BCUT2D eigenvalue weighted by atomic mass is 32.1. The molecule has 5 rings (SSSR count). The molecule has 1 N–H and O–H groups in total. The summed E-state index contributed by atoms with van der Waals surface area (Å²) >= 11 is 1.79. The third-order valence-corrected chi connectivity index (χ3v) is 6.67. The van der Waals surface area contributed by atoms with Crippen LogP contribution in [0.3, 0.4) is 0 Å². The molecule has 1 aromatic carbocycles. The van der Waals surface area contributed by atoms with Gasteiger partial charge in [0.05, 0.1) is 25.1 Å². The highest BCUT2D eigenvalue weighted by Crippen LogP contribution is 2.39. The fourth-order valence-corrected chi connectivity index (χ4v) is 5.30. The first-order valence-corrected chi connectivity index (χ1v) is 10.7. The third kappa shape index (κ3) is 3.50. The first kappa shape index (κ1) is 18.0. The molecular formula is C21H23FN4OS. The van der Waals surface area contributed by atoms with Gasteiger partial charge in [0.1, 0.15) is 22.3 Å². The molecule has 2 aromatic heterocycles. The van der Waals surface area contributed by atoms with Crippen LogP contribution in [0.15, 0.2) is 24.3 Å². The largest absolute Gasteiger partial charge is 0.379 e. The van der Waals surface area contributed by atoms with Crippen LogP contribution in [0.2, 0.25) is 0 Å². The molecule has 7 heteroatoms. The smallest absolute Gasteiger partial charge is 0.146 e. The Labute approximate surface area is 167 Å². The topological polar surface area (TPSA) is 50.3 Å². The lowest BCUT2D eigenvalue weighted by Crippen LogP contribution is -2.36. The number of ether oxygens (including phenoxy) is 1. The number of aryl methyl sites for hydroxylation is 2. The molecule has 0 unspecified atom stereocenters. The molecule has 3 heterocycles. The molecule has 5 nitrogen and oxygen atoms in total. The van der Waals surface area contributed by atoms with E-state index in [0.29, 0.717) is 12.1 Å². The number of aromatic nitrogens is 2. The Kier molecular flexibility index (Phi) is 4.96. The second kappa shape index (κ2) is 7.73. The second-order valence-electron chi connectivity index (χ2n) is 7.36. The minimum Gasteiger partial charge on any atom is -0.379 e. The predicted molar refractivity (Wildman–Crippen MR) is 109 cm³/mol. The highest BCUT2D eigenvalue weighted by Gasteiger charge is 2.23. The van der Waals surface area contributed by atoms with Crippen molar-refractivity contribution in [1.82, 2.24) is 14.9 Å². The molecule has 0 amide bonds. The van der Waals surface area contributed by atoms with Crippen LogP contribution in [0.5, 0.6) is 0 Å². The van der Waals surface area contributed by atoms with Gasteiger partial charge in [0, 0.05) is 30.1 Å². The number of hydrogen-bond acceptors (Lipinski definition) is 6. The number of nitrogens with one attached hydrogen (secondary N) is 1. The maximum atomic E-state index is 14.1. The summed E-state index contributed by atoms with van der Waals surface area (Å²) in [6.45, 7) is 4.46. The lowest BCUT2D eigenvalue weighted by atomic mass is 10.1. The van der Waals surface area contributed by atoms with Gasteiger partial charge in [-0.25, -0.2) is 14.4 Å². The van der Waals surface area contributed by atoms with Crippen molar-refractivity contribution in [2.45, 2.75) is 32.4 Å². The van der Waals surface area contributed by atoms with Gasteiger partial charge in [-0.15, -0.1) is 11.3 Å². The molecule has 1 aliphatic heterocycles. The van der Waals surface area contributed by atoms with Crippen LogP contribution < -0.4 is 5.32 Å². The number of rotatable bonds is 5. The summed E-state index contributed by atoms with van der Waals surface area (Å²) in [5.74, 6) is 1.48. The van der Waals surface area contributed by atoms with Crippen molar-refractivity contribution < 1.29 is 9.13 Å². The normalized spacial score (nSPS) is 17.2. The minimum atomic E-state index is -0.190. The van der Waals surface area contributed by atoms with E-state index >= 15 is 0 Å². The molecule has 0 bridgehead atoms. The molecule has 1 fully saturated rings. The first-order valence-electron chi connectivity index (χ1n) is 9.86. The standard InChI is InChI=1S/C21H23FN4OS/c22-16-6-2-1-4-14(16)12-23-20-19-15-5-3-7-17(15)28-21(19)25-18(24-20)13-26-8-10-27-11-9-26/h1-2,4,6H,3,5,7-13H2,(H,23,24,25). The number of morpholine rings is 1. The van der Waals surface area contributed by atoms with Crippen molar-refractivity contribution in [1.29, 1.82) is 0 Å². The van der Waals surface area contributed by atoms with Crippen LogP contribution in [-0.2, 0) is 30.7 Å². The van der Waals surface area contributed by atoms with Crippen molar-refractivity contribution >= 4 is 27.4 Å². The van der Waals surface area contributed by atoms with Crippen molar-refractivity contribution in [3.63, 3.8) is 0 Å². The van der Waals surface area contributed by atoms with Gasteiger partial charge in [0.2, 0.25) is 0 Å². The predicted octanol–water partition coefficient (Wildman–Crippen LogP) is 3.76. The van der Waals surface area contributed by atoms with Gasteiger partial charge >= 0.3 is 0 Å². The van der Waals surface area contributed by atoms with E-state index in [1.807, 2.05) is 12.1 Å². The number of thiophene rings is 1. The fourth-order valence-electron chi connectivity index (χ4n) is 4.02. The monoisotopic (exact) mass is 398 g/mol. The van der Waals surface area contributed by atoms with E-state index in [9.17, 15) is 4.39 Å². The molecule has 0 spiro atoms. The van der Waals surface area contributed by atoms with Crippen molar-refractivity contribution in [2.24, 2.45) is 0 Å². The SMILES string of the molecule is Fc1ccccc1CNc1nc(CN2CCOCC2)nc2sc3c(c12)CCC3. The van der Waals surface area contributed by atoms with Gasteiger partial charge in [0.15, 0.2) is 0 Å². The summed E-state index contributed by atoms with van der Waals surface area (Å²) in [5.41, 5.74) is 2.03. The summed E-state index contributed by atoms with van der Waals surface area (Å²) in [4.78, 5) is 14.6. The van der Waals surface area contributed by atoms with Gasteiger partial charge in [-0.3, -0.25) is 4.90 Å². The molecule has 1 aliphatic carbocycles. The molecule has 2 aliphatic rings. The molecular weight excluding hydrogens is 375 g/mol. The van der Waals surface area contributed by atoms with E-state index in [2.05, 4.69) is 10.2 Å². The highest BCUT2D eigenvalue weighted by molar-refractivity contribution is 7.19. The molecule has 0 radical (unpaired) electrons. The summed E-state index contributed by atoms with van der Waals surface area (Å²) in [5, 5.41) is 4.55. The van der Waals surface area contributed by atoms with Crippen LogP contribution in [-0.4, -0.2) is 41.2 Å². The van der Waals surface area contributed by atoms with E-state index in [4.69, 9.17) is 14.7 Å². The van der Waals surface area contributed by atoms with Crippen LogP contribution in [0.1, 0.15) is 28.2 Å². The maximum absolute atomic E-state index is 14.1. The van der Waals surface area contributed by atoms with Gasteiger partial charge in [-0.1, -0.05) is 18.2 Å². The number of hydrogen-bond donors (Lipinski definition) is 1. The van der Waals surface area contributed by atoms with Crippen molar-refractivity contribution in [2.75, 3.05) is 31.6 Å². The Morgan fingerprint density at radius 3 is 2.86 bits per heavy atom. The summed E-state index contributed by atoms with van der Waals surface area (Å²) < 4.78 is 19.5. The van der Waals surface area contributed by atoms with E-state index in [0.717, 1.165) is 67.5 Å². The fraction of sp³-hybridized carbons (Fsp3) is 0.429. The minimum absolute atomic E-state index is 0.190. The van der Waals surface area contributed by atoms with Crippen molar-refractivity contribution in [3.05, 3.63) is 51.9 Å². The van der Waals surface area contributed by atoms with Crippen LogP contribution in [0, 0.1) is 5.82 Å². The summed E-state index contributed by atoms with van der Waals surface area (Å²) in [7, 11) is 0. The van der Waals surface area contributed by atoms with Crippen LogP contribution in [0.4, 0.5) is 10.2 Å². The Morgan fingerprint density at radius 2 is 2.00 bits per heavy atom. The van der Waals surface area contributed by atoms with E-state index in [1.165, 1.54) is 22.9 Å². The van der Waals surface area contributed by atoms with Crippen LogP contribution >= 0.6 is 11.3 Å². The Bertz CT molecular complexity index is 999. The maximum Gasteiger partial charge on any atom is 0.146 e. The Hall–Kier alpha value is -2.09. The van der Waals surface area contributed by atoms with E-state index < -0.39 is 0 Å². The summed E-state index contributed by atoms with van der Waals surface area (Å²) in [6.07, 6.45) is 3.40. The lowest BCUT2D eigenvalue weighted by molar-refractivity contribution is 0.0331. The molecule has 28 heavy (non-hydrogen) atoms. The van der Waals surface area contributed by atoms with E-state index in [-0.39, 0.29) is 5.82 Å². The number of halogens is 1. The number of fused-ring (bicyclic) bond motifs is 3. The lowest BCUT2D eigenvalue weighted by Gasteiger charge is -2.25. The van der Waals surface area contributed by atoms with Crippen molar-refractivity contribution in [3.8, 4) is 0 Å². The zero-order valence-corrected chi connectivity index (χ0v) is 16.5. The van der Waals surface area contributed by atoms with E-state index in [1.54, 1.807) is 17.4 Å². The summed E-state index contributed by atoms with van der Waals surface area (Å²) in [6, 6.07) is 6.89. The second-order valence-corrected chi connectivity index (χ2v) is 8.44. The zero-order valence-electron chi connectivity index (χ0n) is 15.7. The number of benzene rings is 1. The number of anilines is 1. The molecule has 0 atom stereocenters. The first-order chi connectivity index (χ1) is 13.8. The quantitative estimate of drug-likeness (QED) is 0.709. The average Bonchev–Trinajstić information content (AvgIpc) is 3.29.